The summed E-state index contributed by atoms with van der Waals surface area (Å²) in [5, 5.41) is 0. The van der Waals surface area contributed by atoms with Gasteiger partial charge in [0.1, 0.15) is 0 Å². The summed E-state index contributed by atoms with van der Waals surface area (Å²) in [6, 6.07) is 9.52. The average Bonchev–Trinajstić information content (AvgIpc) is 2.53. The minimum atomic E-state index is -3.45. The summed E-state index contributed by atoms with van der Waals surface area (Å²) in [5.41, 5.74) is 0.964. The third kappa shape index (κ3) is 8.29. The molecule has 0 saturated heterocycles. The van der Waals surface area contributed by atoms with Crippen molar-refractivity contribution in [3.63, 3.8) is 0 Å². The number of rotatable bonds is 12. The van der Waals surface area contributed by atoms with Crippen LogP contribution in [0.15, 0.2) is 53.3 Å². The van der Waals surface area contributed by atoms with E-state index in [1.54, 1.807) is 4.90 Å². The first-order chi connectivity index (χ1) is 12.8. The van der Waals surface area contributed by atoms with E-state index in [1.165, 1.54) is 0 Å². The van der Waals surface area contributed by atoms with Gasteiger partial charge in [0.05, 0.1) is 21.3 Å². The second-order valence-corrected chi connectivity index (χ2v) is 12.3. The third-order valence-corrected chi connectivity index (χ3v) is 8.26. The molecular weight excluding hydrogens is 394 g/mol. The van der Waals surface area contributed by atoms with Crippen molar-refractivity contribution in [3.05, 3.63) is 58.9 Å². The second-order valence-electron chi connectivity index (χ2n) is 8.06. The molecule has 0 unspecified atom stereocenters. The molecule has 0 fully saturated rings. The number of nitrogens with zero attached hydrogens (tertiary/aromatic N) is 1. The molecule has 0 aliphatic rings. The predicted molar refractivity (Wildman–Crippen MR) is 117 cm³/mol. The molecule has 0 N–H and O–H groups in total. The first kappa shape index (κ1) is 24.6. The van der Waals surface area contributed by atoms with Gasteiger partial charge in [0.25, 0.3) is 0 Å². The Hall–Kier alpha value is -1.44. The SMILES string of the molecule is C=C(CN(CC(=C)S(=O)(=O)CC(C)C)Cc1ccccc1)S(=O)(=O)CC(C)C. The largest absolute Gasteiger partial charge is 0.289 e. The zero-order valence-electron chi connectivity index (χ0n) is 17.4. The van der Waals surface area contributed by atoms with Crippen molar-refractivity contribution in [1.82, 2.24) is 4.90 Å². The topological polar surface area (TPSA) is 71.5 Å². The summed E-state index contributed by atoms with van der Waals surface area (Å²) in [7, 11) is -6.90. The van der Waals surface area contributed by atoms with E-state index in [2.05, 4.69) is 13.2 Å². The van der Waals surface area contributed by atoms with Crippen LogP contribution in [0.5, 0.6) is 0 Å². The number of hydrogen-bond donors (Lipinski definition) is 0. The van der Waals surface area contributed by atoms with Crippen LogP contribution in [0, 0.1) is 11.8 Å². The molecule has 0 heterocycles. The highest BCUT2D eigenvalue weighted by Crippen LogP contribution is 2.18. The van der Waals surface area contributed by atoms with Crippen molar-refractivity contribution in [2.75, 3.05) is 24.6 Å². The van der Waals surface area contributed by atoms with E-state index in [9.17, 15) is 16.8 Å². The predicted octanol–water partition coefficient (Wildman–Crippen LogP) is 3.66. The first-order valence-electron chi connectivity index (χ1n) is 9.41. The van der Waals surface area contributed by atoms with Crippen molar-refractivity contribution in [1.29, 1.82) is 0 Å². The van der Waals surface area contributed by atoms with Crippen LogP contribution in [0.2, 0.25) is 0 Å². The van der Waals surface area contributed by atoms with Gasteiger partial charge in [-0.05, 0) is 17.4 Å². The Bertz CT molecular complexity index is 816. The fraction of sp³-hybridized carbons (Fsp3) is 0.524. The molecule has 0 aromatic heterocycles. The molecule has 1 aromatic rings. The van der Waals surface area contributed by atoms with Crippen LogP contribution in [0.25, 0.3) is 0 Å². The van der Waals surface area contributed by atoms with Gasteiger partial charge in [-0.3, -0.25) is 4.90 Å². The van der Waals surface area contributed by atoms with Crippen LogP contribution < -0.4 is 0 Å². The van der Waals surface area contributed by atoms with Gasteiger partial charge >= 0.3 is 0 Å². The van der Waals surface area contributed by atoms with Crippen molar-refractivity contribution >= 4 is 19.7 Å². The smallest absolute Gasteiger partial charge is 0.175 e. The van der Waals surface area contributed by atoms with Gasteiger partial charge in [0, 0.05) is 19.6 Å². The summed E-state index contributed by atoms with van der Waals surface area (Å²) >= 11 is 0. The zero-order chi connectivity index (χ0) is 21.5. The van der Waals surface area contributed by atoms with Gasteiger partial charge < -0.3 is 0 Å². The molecule has 0 radical (unpaired) electrons. The third-order valence-electron chi connectivity index (χ3n) is 4.03. The molecule has 0 spiro atoms. The first-order valence-corrected chi connectivity index (χ1v) is 12.7. The van der Waals surface area contributed by atoms with Gasteiger partial charge in [-0.1, -0.05) is 71.2 Å². The van der Waals surface area contributed by atoms with Gasteiger partial charge in [-0.15, -0.1) is 0 Å². The summed E-state index contributed by atoms with van der Waals surface area (Å²) < 4.78 is 50.0. The minimum absolute atomic E-state index is 0.00860. The number of sulfone groups is 2. The Balaban J connectivity index is 3.03. The van der Waals surface area contributed by atoms with E-state index in [0.717, 1.165) is 5.56 Å². The normalized spacial score (nSPS) is 12.7. The minimum Gasteiger partial charge on any atom is -0.289 e. The van der Waals surface area contributed by atoms with Crippen molar-refractivity contribution < 1.29 is 16.8 Å². The van der Waals surface area contributed by atoms with Crippen LogP contribution in [0.4, 0.5) is 0 Å². The highest BCUT2D eigenvalue weighted by Gasteiger charge is 2.24. The maximum Gasteiger partial charge on any atom is 0.175 e. The highest BCUT2D eigenvalue weighted by atomic mass is 32.2. The van der Waals surface area contributed by atoms with Crippen LogP contribution >= 0.6 is 0 Å². The van der Waals surface area contributed by atoms with Gasteiger partial charge in [-0.25, -0.2) is 16.8 Å². The van der Waals surface area contributed by atoms with Crippen LogP contribution in [0.3, 0.4) is 0 Å². The van der Waals surface area contributed by atoms with E-state index in [1.807, 2.05) is 58.0 Å². The lowest BCUT2D eigenvalue weighted by Gasteiger charge is -2.25. The quantitative estimate of drug-likeness (QED) is 0.509. The molecule has 0 atom stereocenters. The van der Waals surface area contributed by atoms with Gasteiger partial charge in [0.15, 0.2) is 19.7 Å². The van der Waals surface area contributed by atoms with Crippen molar-refractivity contribution in [2.45, 2.75) is 34.2 Å². The molecule has 158 valence electrons. The molecule has 28 heavy (non-hydrogen) atoms. The van der Waals surface area contributed by atoms with Crippen LogP contribution in [-0.2, 0) is 26.2 Å². The van der Waals surface area contributed by atoms with Gasteiger partial charge in [0.2, 0.25) is 0 Å². The molecule has 0 aliphatic heterocycles. The molecule has 0 aliphatic carbocycles. The van der Waals surface area contributed by atoms with Gasteiger partial charge in [-0.2, -0.15) is 0 Å². The summed E-state index contributed by atoms with van der Waals surface area (Å²) in [4.78, 5) is 1.98. The summed E-state index contributed by atoms with van der Waals surface area (Å²) in [5.74, 6) is 0.0336. The molecule has 0 bridgehead atoms. The van der Waals surface area contributed by atoms with Crippen LogP contribution in [0.1, 0.15) is 33.3 Å². The lowest BCUT2D eigenvalue weighted by Crippen LogP contribution is -2.32. The highest BCUT2D eigenvalue weighted by molar-refractivity contribution is 7.95. The number of hydrogen-bond acceptors (Lipinski definition) is 5. The number of benzene rings is 1. The Morgan fingerprint density at radius 1 is 0.821 bits per heavy atom. The molecule has 1 rings (SSSR count). The maximum atomic E-state index is 12.5. The molecule has 0 saturated carbocycles. The maximum absolute atomic E-state index is 12.5. The molecule has 5 nitrogen and oxygen atoms in total. The standard InChI is InChI=1S/C21H33NO4S2/c1-17(2)15-27(23,24)19(5)12-22(14-21-10-8-7-9-11-21)13-20(6)28(25,26)16-18(3)4/h7-11,17-18H,5-6,12-16H2,1-4H3. The fourth-order valence-corrected chi connectivity index (χ4v) is 5.80. The fourth-order valence-electron chi connectivity index (χ4n) is 2.82. The molecular formula is C21H33NO4S2. The van der Waals surface area contributed by atoms with E-state index in [0.29, 0.717) is 6.54 Å². The Kier molecular flexibility index (Phi) is 9.11. The Morgan fingerprint density at radius 3 is 1.57 bits per heavy atom. The Morgan fingerprint density at radius 2 is 1.21 bits per heavy atom. The lowest BCUT2D eigenvalue weighted by atomic mass is 10.2. The van der Waals surface area contributed by atoms with E-state index < -0.39 is 19.7 Å². The lowest BCUT2D eigenvalue weighted by molar-refractivity contribution is 0.321. The zero-order valence-corrected chi connectivity index (χ0v) is 19.0. The summed E-state index contributed by atoms with van der Waals surface area (Å²) in [6.07, 6.45) is 0. The van der Waals surface area contributed by atoms with Crippen molar-refractivity contribution in [3.8, 4) is 0 Å². The average molecular weight is 428 g/mol. The van der Waals surface area contributed by atoms with E-state index >= 15 is 0 Å². The van der Waals surface area contributed by atoms with Crippen LogP contribution in [-0.4, -0.2) is 46.3 Å². The second kappa shape index (κ2) is 10.4. The Labute approximate surface area is 171 Å². The van der Waals surface area contributed by atoms with E-state index in [-0.39, 0.29) is 46.2 Å². The van der Waals surface area contributed by atoms with E-state index in [4.69, 9.17) is 0 Å². The monoisotopic (exact) mass is 427 g/mol. The molecule has 1 aromatic carbocycles. The summed E-state index contributed by atoms with van der Waals surface area (Å²) in [6.45, 7) is 15.4. The molecule has 0 amide bonds. The molecule has 7 heteroatoms. The van der Waals surface area contributed by atoms with Crippen molar-refractivity contribution in [2.24, 2.45) is 11.8 Å².